The Morgan fingerprint density at radius 3 is 2.74 bits per heavy atom. The van der Waals surface area contributed by atoms with E-state index in [1.807, 2.05) is 25.1 Å². The molecule has 0 spiro atoms. The molecule has 0 saturated heterocycles. The van der Waals surface area contributed by atoms with Gasteiger partial charge in [-0.2, -0.15) is 13.2 Å². The summed E-state index contributed by atoms with van der Waals surface area (Å²) in [4.78, 5) is 22.1. The van der Waals surface area contributed by atoms with Gasteiger partial charge in [0.15, 0.2) is 0 Å². The lowest BCUT2D eigenvalue weighted by Gasteiger charge is -2.20. The lowest BCUT2D eigenvalue weighted by Crippen LogP contribution is -2.18. The maximum Gasteiger partial charge on any atom is 0.416 e. The van der Waals surface area contributed by atoms with Crippen LogP contribution in [0.5, 0.6) is 0 Å². The quantitative estimate of drug-likeness (QED) is 0.326. The first-order chi connectivity index (χ1) is 16.8. The fourth-order valence-electron chi connectivity index (χ4n) is 5.04. The van der Waals surface area contributed by atoms with Crippen molar-refractivity contribution >= 4 is 33.1 Å². The van der Waals surface area contributed by atoms with Crippen LogP contribution in [0.15, 0.2) is 88.8 Å². The second kappa shape index (κ2) is 7.77. The van der Waals surface area contributed by atoms with Crippen LogP contribution in [0.4, 0.5) is 13.2 Å². The molecular formula is C28H20F3N3O. The van der Waals surface area contributed by atoms with Gasteiger partial charge in [0.1, 0.15) is 0 Å². The zero-order valence-corrected chi connectivity index (χ0v) is 18.8. The predicted molar refractivity (Wildman–Crippen MR) is 132 cm³/mol. The number of benzene rings is 2. The summed E-state index contributed by atoms with van der Waals surface area (Å²) in [6, 6.07) is 13.7. The number of rotatable bonds is 2. The number of alkyl halides is 3. The largest absolute Gasteiger partial charge is 0.416 e. The van der Waals surface area contributed by atoms with Gasteiger partial charge in [-0.15, -0.1) is 0 Å². The number of hydrogen-bond donors (Lipinski definition) is 0. The molecule has 2 unspecified atom stereocenters. The summed E-state index contributed by atoms with van der Waals surface area (Å²) < 4.78 is 41.6. The third kappa shape index (κ3) is 3.58. The number of halogens is 3. The molecule has 7 heteroatoms. The molecule has 3 heterocycles. The minimum Gasteiger partial charge on any atom is -0.293 e. The van der Waals surface area contributed by atoms with E-state index in [-0.39, 0.29) is 11.6 Å². The maximum atomic E-state index is 13.4. The number of allylic oxidation sites excluding steroid dienone is 3. The van der Waals surface area contributed by atoms with E-state index < -0.39 is 17.3 Å². The van der Waals surface area contributed by atoms with Gasteiger partial charge < -0.3 is 0 Å². The standard InChI is InChI=1S/C28H20F3N3O/c1-16-23-11-17(5-6-19(23)14-32-16)18-7-9-25-24(12-18)27-20(15-33-25)8-10-26(35)34(27)22-4-2-3-21(13-22)28(29,30)31/h2-13,15,19,23H,14H2,1H3. The van der Waals surface area contributed by atoms with Gasteiger partial charge >= 0.3 is 6.18 Å². The fraction of sp³-hybridized carbons (Fsp3) is 0.179. The topological polar surface area (TPSA) is 47.2 Å². The van der Waals surface area contributed by atoms with Crippen molar-refractivity contribution in [1.29, 1.82) is 0 Å². The Morgan fingerprint density at radius 1 is 1.06 bits per heavy atom. The molecule has 4 nitrogen and oxygen atoms in total. The lowest BCUT2D eigenvalue weighted by molar-refractivity contribution is -0.137. The normalized spacial score (nSPS) is 19.7. The Labute approximate surface area is 198 Å². The molecule has 0 saturated carbocycles. The molecule has 1 aliphatic carbocycles. The number of aromatic nitrogens is 2. The monoisotopic (exact) mass is 471 g/mol. The Kier molecular flexibility index (Phi) is 4.78. The van der Waals surface area contributed by atoms with Crippen LogP contribution < -0.4 is 5.56 Å². The van der Waals surface area contributed by atoms with Gasteiger partial charge in [-0.1, -0.05) is 30.4 Å². The van der Waals surface area contributed by atoms with Crippen LogP contribution in [0.2, 0.25) is 0 Å². The summed E-state index contributed by atoms with van der Waals surface area (Å²) in [6.07, 6.45) is 3.62. The van der Waals surface area contributed by atoms with Crippen molar-refractivity contribution in [2.24, 2.45) is 16.8 Å². The van der Waals surface area contributed by atoms with E-state index in [9.17, 15) is 18.0 Å². The molecular weight excluding hydrogens is 451 g/mol. The first kappa shape index (κ1) is 21.5. The highest BCUT2D eigenvalue weighted by Gasteiger charge is 2.31. The van der Waals surface area contributed by atoms with E-state index in [2.05, 4.69) is 28.2 Å². The zero-order valence-electron chi connectivity index (χ0n) is 18.8. The van der Waals surface area contributed by atoms with E-state index in [1.54, 1.807) is 12.3 Å². The van der Waals surface area contributed by atoms with Crippen LogP contribution in [0.1, 0.15) is 18.1 Å². The Bertz CT molecular complexity index is 1660. The molecule has 2 aromatic carbocycles. The molecule has 0 fully saturated rings. The van der Waals surface area contributed by atoms with Crippen molar-refractivity contribution in [2.75, 3.05) is 6.54 Å². The summed E-state index contributed by atoms with van der Waals surface area (Å²) in [6.45, 7) is 2.84. The van der Waals surface area contributed by atoms with Crippen molar-refractivity contribution in [3.8, 4) is 5.69 Å². The highest BCUT2D eigenvalue weighted by molar-refractivity contribution is 6.05. The van der Waals surface area contributed by atoms with Crippen LogP contribution in [0, 0.1) is 11.8 Å². The van der Waals surface area contributed by atoms with E-state index in [4.69, 9.17) is 0 Å². The van der Waals surface area contributed by atoms with Gasteiger partial charge in [-0.3, -0.25) is 19.3 Å². The molecule has 0 radical (unpaired) electrons. The first-order valence-corrected chi connectivity index (χ1v) is 11.3. The third-order valence-corrected chi connectivity index (χ3v) is 6.86. The molecule has 4 aromatic rings. The number of nitrogens with zero attached hydrogens (tertiary/aromatic N) is 3. The summed E-state index contributed by atoms with van der Waals surface area (Å²) in [5.41, 5.74) is 3.24. The average molecular weight is 471 g/mol. The smallest absolute Gasteiger partial charge is 0.293 e. The van der Waals surface area contributed by atoms with Gasteiger partial charge in [0.05, 0.1) is 16.6 Å². The summed E-state index contributed by atoms with van der Waals surface area (Å²) >= 11 is 0. The van der Waals surface area contributed by atoms with Crippen molar-refractivity contribution in [1.82, 2.24) is 9.55 Å². The molecule has 1 aliphatic heterocycles. The number of pyridine rings is 2. The van der Waals surface area contributed by atoms with Gasteiger partial charge in [0.25, 0.3) is 5.56 Å². The second-order valence-corrected chi connectivity index (χ2v) is 9.00. The molecule has 0 amide bonds. The van der Waals surface area contributed by atoms with E-state index >= 15 is 0 Å². The van der Waals surface area contributed by atoms with Gasteiger partial charge in [0, 0.05) is 52.8 Å². The Hall–Kier alpha value is -4.00. The summed E-state index contributed by atoms with van der Waals surface area (Å²) in [7, 11) is 0. The van der Waals surface area contributed by atoms with Crippen LogP contribution in [-0.4, -0.2) is 21.8 Å². The maximum absolute atomic E-state index is 13.4. The zero-order chi connectivity index (χ0) is 24.3. The Balaban J connectivity index is 1.59. The fourth-order valence-corrected chi connectivity index (χ4v) is 5.04. The van der Waals surface area contributed by atoms with Crippen molar-refractivity contribution in [3.63, 3.8) is 0 Å². The van der Waals surface area contributed by atoms with Gasteiger partial charge in [-0.25, -0.2) is 0 Å². The molecule has 0 bridgehead atoms. The van der Waals surface area contributed by atoms with Crippen molar-refractivity contribution < 1.29 is 13.2 Å². The van der Waals surface area contributed by atoms with Gasteiger partial charge in [-0.05, 0) is 54.5 Å². The summed E-state index contributed by atoms with van der Waals surface area (Å²) in [5.74, 6) is 0.646. The molecule has 2 aromatic heterocycles. The summed E-state index contributed by atoms with van der Waals surface area (Å²) in [5, 5.41) is 1.36. The van der Waals surface area contributed by atoms with E-state index in [0.717, 1.165) is 35.5 Å². The molecule has 174 valence electrons. The molecule has 2 atom stereocenters. The van der Waals surface area contributed by atoms with E-state index in [0.29, 0.717) is 27.7 Å². The lowest BCUT2D eigenvalue weighted by atomic mass is 9.83. The molecule has 0 N–H and O–H groups in total. The van der Waals surface area contributed by atoms with Crippen LogP contribution >= 0.6 is 0 Å². The third-order valence-electron chi connectivity index (χ3n) is 6.86. The molecule has 35 heavy (non-hydrogen) atoms. The highest BCUT2D eigenvalue weighted by atomic mass is 19.4. The van der Waals surface area contributed by atoms with Gasteiger partial charge in [0.2, 0.25) is 0 Å². The van der Waals surface area contributed by atoms with Crippen LogP contribution in [0.25, 0.3) is 33.1 Å². The average Bonchev–Trinajstić information content (AvgIpc) is 3.23. The number of aliphatic imine (C=N–C) groups is 1. The number of hydrogen-bond acceptors (Lipinski definition) is 3. The second-order valence-electron chi connectivity index (χ2n) is 9.00. The predicted octanol–water partition coefficient (Wildman–Crippen LogP) is 6.22. The number of fused-ring (bicyclic) bond motifs is 4. The highest BCUT2D eigenvalue weighted by Crippen LogP contribution is 2.35. The van der Waals surface area contributed by atoms with Crippen LogP contribution in [0.3, 0.4) is 0 Å². The minimum atomic E-state index is -4.51. The first-order valence-electron chi connectivity index (χ1n) is 11.3. The van der Waals surface area contributed by atoms with Crippen molar-refractivity contribution in [2.45, 2.75) is 13.1 Å². The SMILES string of the molecule is CC1=NCC2C=CC(c3ccc4ncc5ccc(=O)n(-c6cccc(C(F)(F)F)c6)c5c4c3)=CC12. The molecule has 2 aliphatic rings. The van der Waals surface area contributed by atoms with Crippen molar-refractivity contribution in [3.05, 3.63) is 101 Å². The molecule has 6 rings (SSSR count). The van der Waals surface area contributed by atoms with Crippen LogP contribution in [-0.2, 0) is 6.18 Å². The van der Waals surface area contributed by atoms with E-state index in [1.165, 1.54) is 22.8 Å². The minimum absolute atomic E-state index is 0.158. The Morgan fingerprint density at radius 2 is 1.91 bits per heavy atom.